The van der Waals surface area contributed by atoms with E-state index in [9.17, 15) is 9.59 Å². The Morgan fingerprint density at radius 1 is 1.18 bits per heavy atom. The molecule has 5 heteroatoms. The molecule has 0 aliphatic carbocycles. The smallest absolute Gasteiger partial charge is 0.339 e. The van der Waals surface area contributed by atoms with Gasteiger partial charge in [-0.25, -0.2) is 4.79 Å². The molecule has 0 fully saturated rings. The summed E-state index contributed by atoms with van der Waals surface area (Å²) in [6, 6.07) is 14.8. The number of thioether (sulfide) groups is 1. The fraction of sp³-hybridized carbons (Fsp3) is 0.176. The van der Waals surface area contributed by atoms with Gasteiger partial charge in [-0.1, -0.05) is 30.3 Å². The number of esters is 1. The first kappa shape index (κ1) is 14.7. The van der Waals surface area contributed by atoms with Crippen LogP contribution in [0.2, 0.25) is 0 Å². The van der Waals surface area contributed by atoms with Gasteiger partial charge in [-0.05, 0) is 30.0 Å². The molecule has 0 radical (unpaired) electrons. The van der Waals surface area contributed by atoms with Crippen LogP contribution < -0.4 is 5.32 Å². The molecule has 22 heavy (non-hydrogen) atoms. The number of amides is 1. The normalized spacial score (nSPS) is 16.6. The highest BCUT2D eigenvalue weighted by atomic mass is 32.2. The topological polar surface area (TPSA) is 55.4 Å². The number of ether oxygens (including phenoxy) is 1. The summed E-state index contributed by atoms with van der Waals surface area (Å²) in [6.07, 6.45) is 1.55. The Hall–Kier alpha value is -2.27. The summed E-state index contributed by atoms with van der Waals surface area (Å²) in [7, 11) is 0. The fourth-order valence-electron chi connectivity index (χ4n) is 2.44. The summed E-state index contributed by atoms with van der Waals surface area (Å²) < 4.78 is 5.26. The summed E-state index contributed by atoms with van der Waals surface area (Å²) in [5.41, 5.74) is 2.11. The Bertz CT molecular complexity index is 729. The summed E-state index contributed by atoms with van der Waals surface area (Å²) in [5.74, 6) is -0.746. The van der Waals surface area contributed by atoms with Gasteiger partial charge in [-0.2, -0.15) is 0 Å². The molecule has 0 spiro atoms. The number of hydrogen-bond acceptors (Lipinski definition) is 4. The second-order valence-electron chi connectivity index (χ2n) is 4.94. The van der Waals surface area contributed by atoms with E-state index in [0.717, 1.165) is 16.1 Å². The van der Waals surface area contributed by atoms with E-state index >= 15 is 0 Å². The molecule has 1 aliphatic rings. The van der Waals surface area contributed by atoms with Crippen molar-refractivity contribution in [3.63, 3.8) is 0 Å². The first-order valence-electron chi connectivity index (χ1n) is 6.92. The number of para-hydroxylation sites is 1. The lowest BCUT2D eigenvalue weighted by atomic mass is 9.98. The maximum Gasteiger partial charge on any atom is 0.339 e. The van der Waals surface area contributed by atoms with Crippen molar-refractivity contribution < 1.29 is 14.3 Å². The lowest BCUT2D eigenvalue weighted by Gasteiger charge is -2.24. The van der Waals surface area contributed by atoms with E-state index in [1.54, 1.807) is 23.9 Å². The number of nitrogens with one attached hydrogen (secondary N) is 1. The molecule has 3 rings (SSSR count). The van der Waals surface area contributed by atoms with Crippen LogP contribution in [0.4, 0.5) is 5.69 Å². The first-order chi connectivity index (χ1) is 10.7. The van der Waals surface area contributed by atoms with E-state index in [1.165, 1.54) is 0 Å². The van der Waals surface area contributed by atoms with Crippen LogP contribution in [-0.2, 0) is 16.0 Å². The third kappa shape index (κ3) is 2.85. The maximum absolute atomic E-state index is 12.4. The number of fused-ring (bicyclic) bond motifs is 1. The van der Waals surface area contributed by atoms with Gasteiger partial charge in [0.15, 0.2) is 6.10 Å². The van der Waals surface area contributed by atoms with Crippen molar-refractivity contribution in [2.75, 3.05) is 11.6 Å². The molecule has 1 aliphatic heterocycles. The SMILES string of the molecule is CSc1ccccc1NC(=O)[C@@H]1Cc2ccccc2C(=O)O1. The average Bonchev–Trinajstić information content (AvgIpc) is 2.55. The summed E-state index contributed by atoms with van der Waals surface area (Å²) >= 11 is 1.55. The molecule has 1 amide bonds. The Morgan fingerprint density at radius 2 is 1.91 bits per heavy atom. The average molecular weight is 313 g/mol. The zero-order valence-corrected chi connectivity index (χ0v) is 12.9. The molecule has 0 unspecified atom stereocenters. The summed E-state index contributed by atoms with van der Waals surface area (Å²) in [6.45, 7) is 0. The second kappa shape index (κ2) is 6.23. The maximum atomic E-state index is 12.4. The number of hydrogen-bond donors (Lipinski definition) is 1. The van der Waals surface area contributed by atoms with Gasteiger partial charge in [0.2, 0.25) is 0 Å². The van der Waals surface area contributed by atoms with Crippen LogP contribution >= 0.6 is 11.8 Å². The zero-order valence-electron chi connectivity index (χ0n) is 12.0. The van der Waals surface area contributed by atoms with Crippen molar-refractivity contribution in [1.82, 2.24) is 0 Å². The molecule has 4 nitrogen and oxygen atoms in total. The number of benzene rings is 2. The van der Waals surface area contributed by atoms with Gasteiger partial charge < -0.3 is 10.1 Å². The predicted octanol–water partition coefficient (Wildman–Crippen LogP) is 3.13. The van der Waals surface area contributed by atoms with Crippen LogP contribution in [-0.4, -0.2) is 24.2 Å². The van der Waals surface area contributed by atoms with Gasteiger partial charge in [0.05, 0.1) is 11.3 Å². The van der Waals surface area contributed by atoms with Gasteiger partial charge in [-0.3, -0.25) is 4.79 Å². The molecule has 1 N–H and O–H groups in total. The molecule has 2 aromatic rings. The highest BCUT2D eigenvalue weighted by Crippen LogP contribution is 2.26. The third-order valence-electron chi connectivity index (χ3n) is 3.55. The Kier molecular flexibility index (Phi) is 4.15. The molecule has 112 valence electrons. The number of carbonyl (C=O) groups excluding carboxylic acids is 2. The molecule has 0 bridgehead atoms. The van der Waals surface area contributed by atoms with Crippen molar-refractivity contribution in [2.45, 2.75) is 17.4 Å². The third-order valence-corrected chi connectivity index (χ3v) is 4.34. The lowest BCUT2D eigenvalue weighted by molar-refractivity contribution is -0.125. The van der Waals surface area contributed by atoms with Crippen LogP contribution in [0.3, 0.4) is 0 Å². The predicted molar refractivity (Wildman–Crippen MR) is 86.2 cm³/mol. The van der Waals surface area contributed by atoms with Crippen molar-refractivity contribution in [3.05, 3.63) is 59.7 Å². The van der Waals surface area contributed by atoms with Crippen LogP contribution in [0.25, 0.3) is 0 Å². The van der Waals surface area contributed by atoms with Gasteiger partial charge in [0.25, 0.3) is 5.91 Å². The Morgan fingerprint density at radius 3 is 2.73 bits per heavy atom. The van der Waals surface area contributed by atoms with E-state index in [0.29, 0.717) is 12.0 Å². The monoisotopic (exact) mass is 313 g/mol. The first-order valence-corrected chi connectivity index (χ1v) is 8.14. The summed E-state index contributed by atoms with van der Waals surface area (Å²) in [5, 5.41) is 2.85. The highest BCUT2D eigenvalue weighted by molar-refractivity contribution is 7.98. The molecule has 0 saturated carbocycles. The van der Waals surface area contributed by atoms with Crippen LogP contribution in [0.15, 0.2) is 53.4 Å². The Balaban J connectivity index is 1.78. The minimum Gasteiger partial charge on any atom is -0.448 e. The number of cyclic esters (lactones) is 1. The van der Waals surface area contributed by atoms with Crippen molar-refractivity contribution >= 4 is 29.3 Å². The van der Waals surface area contributed by atoms with Crippen molar-refractivity contribution in [1.29, 1.82) is 0 Å². The zero-order chi connectivity index (χ0) is 15.5. The van der Waals surface area contributed by atoms with E-state index in [2.05, 4.69) is 5.32 Å². The molecule has 1 heterocycles. The number of anilines is 1. The molecular formula is C17H15NO3S. The molecule has 0 saturated heterocycles. The van der Waals surface area contributed by atoms with Gasteiger partial charge in [0.1, 0.15) is 0 Å². The lowest BCUT2D eigenvalue weighted by Crippen LogP contribution is -2.38. The standard InChI is InChI=1S/C17H15NO3S/c1-22-15-9-5-4-8-13(15)18-16(19)14-10-11-6-2-3-7-12(11)17(20)21-14/h2-9,14H,10H2,1H3,(H,18,19)/t14-/m0/s1. The quantitative estimate of drug-likeness (QED) is 0.699. The number of rotatable bonds is 3. The van der Waals surface area contributed by atoms with Crippen molar-refractivity contribution in [3.8, 4) is 0 Å². The van der Waals surface area contributed by atoms with Gasteiger partial charge in [-0.15, -0.1) is 11.8 Å². The fourth-order valence-corrected chi connectivity index (χ4v) is 2.99. The van der Waals surface area contributed by atoms with E-state index in [1.807, 2.05) is 42.7 Å². The molecule has 2 aromatic carbocycles. The summed E-state index contributed by atoms with van der Waals surface area (Å²) in [4.78, 5) is 25.3. The minimum atomic E-state index is -0.794. The molecular weight excluding hydrogens is 298 g/mol. The molecule has 0 aromatic heterocycles. The van der Waals surface area contributed by atoms with Crippen LogP contribution in [0, 0.1) is 0 Å². The van der Waals surface area contributed by atoms with Gasteiger partial charge in [0, 0.05) is 11.3 Å². The minimum absolute atomic E-state index is 0.302. The van der Waals surface area contributed by atoms with E-state index < -0.39 is 12.1 Å². The van der Waals surface area contributed by atoms with E-state index in [-0.39, 0.29) is 5.91 Å². The molecule has 1 atom stereocenters. The van der Waals surface area contributed by atoms with E-state index in [4.69, 9.17) is 4.74 Å². The van der Waals surface area contributed by atoms with Crippen LogP contribution in [0.5, 0.6) is 0 Å². The second-order valence-corrected chi connectivity index (χ2v) is 5.79. The van der Waals surface area contributed by atoms with Crippen molar-refractivity contribution in [2.24, 2.45) is 0 Å². The van der Waals surface area contributed by atoms with Crippen LogP contribution in [0.1, 0.15) is 15.9 Å². The Labute approximate surface area is 132 Å². The number of carbonyl (C=O) groups is 2. The highest BCUT2D eigenvalue weighted by Gasteiger charge is 2.31. The van der Waals surface area contributed by atoms with Gasteiger partial charge >= 0.3 is 5.97 Å². The largest absolute Gasteiger partial charge is 0.448 e.